The Bertz CT molecular complexity index is 933. The molecule has 2 aliphatic rings. The van der Waals surface area contributed by atoms with Gasteiger partial charge in [0.15, 0.2) is 5.78 Å². The number of pyridine rings is 1. The van der Waals surface area contributed by atoms with Crippen LogP contribution in [0, 0.1) is 17.2 Å². The van der Waals surface area contributed by atoms with Crippen LogP contribution in [0.5, 0.6) is 5.75 Å². The average molecular weight is 348 g/mol. The topological polar surface area (TPSA) is 104 Å². The van der Waals surface area contributed by atoms with E-state index in [-0.39, 0.29) is 29.7 Å². The quantitative estimate of drug-likeness (QED) is 0.829. The molecule has 0 spiro atoms. The summed E-state index contributed by atoms with van der Waals surface area (Å²) in [5, 5.41) is 14.4. The van der Waals surface area contributed by atoms with Gasteiger partial charge in [-0.25, -0.2) is 9.78 Å². The molecule has 2 aromatic rings. The van der Waals surface area contributed by atoms with E-state index in [9.17, 15) is 9.59 Å². The molecule has 3 atom stereocenters. The monoisotopic (exact) mass is 348 g/mol. The SMILES string of the molecule is CC(=O)c1ccc2c(c1)OC[C@@H]1C(NC(=O)Nc3ccc(C#N)cn3)[C@H]21. The fourth-order valence-corrected chi connectivity index (χ4v) is 3.38. The minimum Gasteiger partial charge on any atom is -0.493 e. The third-order valence-corrected chi connectivity index (χ3v) is 4.81. The molecule has 1 saturated carbocycles. The van der Waals surface area contributed by atoms with Crippen molar-refractivity contribution in [3.63, 3.8) is 0 Å². The van der Waals surface area contributed by atoms with Crippen LogP contribution in [-0.4, -0.2) is 29.4 Å². The number of rotatable bonds is 3. The van der Waals surface area contributed by atoms with E-state index >= 15 is 0 Å². The Balaban J connectivity index is 1.42. The van der Waals surface area contributed by atoms with Crippen LogP contribution < -0.4 is 15.4 Å². The van der Waals surface area contributed by atoms with Crippen LogP contribution in [0.3, 0.4) is 0 Å². The predicted molar refractivity (Wildman–Crippen MR) is 93.1 cm³/mol. The Kier molecular flexibility index (Phi) is 3.81. The smallest absolute Gasteiger partial charge is 0.320 e. The molecule has 2 N–H and O–H groups in total. The Labute approximate surface area is 150 Å². The summed E-state index contributed by atoms with van der Waals surface area (Å²) in [7, 11) is 0. The number of nitriles is 1. The molecule has 7 heteroatoms. The number of nitrogens with one attached hydrogen (secondary N) is 2. The number of amides is 2. The number of fused-ring (bicyclic) bond motifs is 3. The highest BCUT2D eigenvalue weighted by Crippen LogP contribution is 2.54. The van der Waals surface area contributed by atoms with Crippen LogP contribution in [-0.2, 0) is 0 Å². The van der Waals surface area contributed by atoms with Crippen LogP contribution in [0.25, 0.3) is 0 Å². The maximum atomic E-state index is 12.2. The number of Topliss-reactive ketones (excluding diaryl/α,β-unsaturated/α-hetero) is 1. The number of carbonyl (C=O) groups excluding carboxylic acids is 2. The first-order chi connectivity index (χ1) is 12.6. The number of ketones is 1. The zero-order chi connectivity index (χ0) is 18.3. The van der Waals surface area contributed by atoms with Gasteiger partial charge in [-0.3, -0.25) is 10.1 Å². The van der Waals surface area contributed by atoms with Gasteiger partial charge in [0.2, 0.25) is 0 Å². The van der Waals surface area contributed by atoms with Gasteiger partial charge >= 0.3 is 6.03 Å². The van der Waals surface area contributed by atoms with Crippen molar-refractivity contribution in [1.29, 1.82) is 5.26 Å². The molecule has 2 amide bonds. The lowest BCUT2D eigenvalue weighted by molar-refractivity contribution is 0.101. The van der Waals surface area contributed by atoms with Gasteiger partial charge in [0.25, 0.3) is 0 Å². The molecule has 1 aliphatic carbocycles. The van der Waals surface area contributed by atoms with Crippen molar-refractivity contribution in [3.8, 4) is 11.8 Å². The van der Waals surface area contributed by atoms with Gasteiger partial charge < -0.3 is 10.1 Å². The number of ether oxygens (including phenoxy) is 1. The van der Waals surface area contributed by atoms with E-state index in [2.05, 4.69) is 15.6 Å². The van der Waals surface area contributed by atoms with E-state index < -0.39 is 0 Å². The zero-order valence-electron chi connectivity index (χ0n) is 14.0. The summed E-state index contributed by atoms with van der Waals surface area (Å²) in [6, 6.07) is 10.3. The van der Waals surface area contributed by atoms with E-state index in [1.165, 1.54) is 13.1 Å². The molecular formula is C19H16N4O3. The number of hydrogen-bond donors (Lipinski definition) is 2. The standard InChI is InChI=1S/C19H16N4O3/c1-10(24)12-3-4-13-15(6-12)26-9-14-17(13)18(14)23-19(25)22-16-5-2-11(7-20)8-21-16/h2-6,8,14,17-18H,9H2,1H3,(H2,21,22,23,25)/t14-,17+,18?/m0/s1. The molecule has 4 rings (SSSR count). The fourth-order valence-electron chi connectivity index (χ4n) is 3.38. The van der Waals surface area contributed by atoms with Gasteiger partial charge in [0, 0.05) is 29.6 Å². The second kappa shape index (κ2) is 6.15. The van der Waals surface area contributed by atoms with E-state index in [1.54, 1.807) is 24.3 Å². The van der Waals surface area contributed by atoms with E-state index in [4.69, 9.17) is 10.00 Å². The first kappa shape index (κ1) is 16.1. The third-order valence-electron chi connectivity index (χ3n) is 4.81. The summed E-state index contributed by atoms with van der Waals surface area (Å²) < 4.78 is 5.76. The van der Waals surface area contributed by atoms with Gasteiger partial charge in [-0.1, -0.05) is 12.1 Å². The van der Waals surface area contributed by atoms with Gasteiger partial charge in [-0.15, -0.1) is 0 Å². The maximum Gasteiger partial charge on any atom is 0.320 e. The van der Waals surface area contributed by atoms with E-state index in [0.717, 1.165) is 11.3 Å². The summed E-state index contributed by atoms with van der Waals surface area (Å²) in [5.41, 5.74) is 2.08. The summed E-state index contributed by atoms with van der Waals surface area (Å²) in [6.07, 6.45) is 1.41. The number of hydrogen-bond acceptors (Lipinski definition) is 5. The molecule has 1 aromatic heterocycles. The highest BCUT2D eigenvalue weighted by molar-refractivity contribution is 5.94. The molecule has 7 nitrogen and oxygen atoms in total. The maximum absolute atomic E-state index is 12.2. The van der Waals surface area contributed by atoms with Crippen LogP contribution in [0.2, 0.25) is 0 Å². The first-order valence-corrected chi connectivity index (χ1v) is 8.28. The Hall–Kier alpha value is -3.40. The first-order valence-electron chi connectivity index (χ1n) is 8.28. The summed E-state index contributed by atoms with van der Waals surface area (Å²) in [5.74, 6) is 1.52. The molecule has 1 fully saturated rings. The molecule has 0 radical (unpaired) electrons. The largest absolute Gasteiger partial charge is 0.493 e. The van der Waals surface area contributed by atoms with Gasteiger partial charge in [-0.2, -0.15) is 5.26 Å². The van der Waals surface area contributed by atoms with Crippen LogP contribution in [0.15, 0.2) is 36.5 Å². The molecule has 0 bridgehead atoms. The number of carbonyl (C=O) groups is 2. The minimum atomic E-state index is -0.344. The van der Waals surface area contributed by atoms with Crippen molar-refractivity contribution in [2.45, 2.75) is 18.9 Å². The minimum absolute atomic E-state index is 0.00158. The summed E-state index contributed by atoms with van der Waals surface area (Å²) in [6.45, 7) is 2.04. The van der Waals surface area contributed by atoms with Crippen molar-refractivity contribution in [3.05, 3.63) is 53.2 Å². The fraction of sp³-hybridized carbons (Fsp3) is 0.263. The Morgan fingerprint density at radius 1 is 1.31 bits per heavy atom. The lowest BCUT2D eigenvalue weighted by Gasteiger charge is -2.16. The van der Waals surface area contributed by atoms with E-state index in [0.29, 0.717) is 23.6 Å². The molecule has 1 aliphatic heterocycles. The molecular weight excluding hydrogens is 332 g/mol. The van der Waals surface area contributed by atoms with E-state index in [1.807, 2.05) is 12.1 Å². The number of urea groups is 1. The third kappa shape index (κ3) is 2.86. The summed E-state index contributed by atoms with van der Waals surface area (Å²) >= 11 is 0. The summed E-state index contributed by atoms with van der Waals surface area (Å²) in [4.78, 5) is 27.7. The second-order valence-corrected chi connectivity index (χ2v) is 6.48. The molecule has 1 unspecified atom stereocenters. The molecule has 0 saturated heterocycles. The highest BCUT2D eigenvalue weighted by atomic mass is 16.5. The molecule has 2 heterocycles. The molecule has 1 aromatic carbocycles. The normalized spacial score (nSPS) is 22.1. The predicted octanol–water partition coefficient (Wildman–Crippen LogP) is 2.45. The molecule has 130 valence electrons. The zero-order valence-corrected chi connectivity index (χ0v) is 14.0. The lowest BCUT2D eigenvalue weighted by atomic mass is 10.0. The van der Waals surface area contributed by atoms with Crippen LogP contribution in [0.1, 0.15) is 34.3 Å². The number of anilines is 1. The van der Waals surface area contributed by atoms with Crippen LogP contribution >= 0.6 is 0 Å². The molecule has 26 heavy (non-hydrogen) atoms. The van der Waals surface area contributed by atoms with Crippen LogP contribution in [0.4, 0.5) is 10.6 Å². The lowest BCUT2D eigenvalue weighted by Crippen LogP contribution is -2.32. The highest BCUT2D eigenvalue weighted by Gasteiger charge is 2.55. The van der Waals surface area contributed by atoms with Gasteiger partial charge in [0.1, 0.15) is 17.6 Å². The van der Waals surface area contributed by atoms with Crippen molar-refractivity contribution in [2.24, 2.45) is 5.92 Å². The van der Waals surface area contributed by atoms with Crippen molar-refractivity contribution >= 4 is 17.6 Å². The van der Waals surface area contributed by atoms with Crippen molar-refractivity contribution in [2.75, 3.05) is 11.9 Å². The number of aromatic nitrogens is 1. The van der Waals surface area contributed by atoms with Gasteiger partial charge in [-0.05, 0) is 30.7 Å². The van der Waals surface area contributed by atoms with Crippen molar-refractivity contribution < 1.29 is 14.3 Å². The van der Waals surface area contributed by atoms with Gasteiger partial charge in [0.05, 0.1) is 12.2 Å². The number of nitrogens with zero attached hydrogens (tertiary/aromatic N) is 2. The Morgan fingerprint density at radius 2 is 2.15 bits per heavy atom. The number of benzene rings is 1. The average Bonchev–Trinajstić information content (AvgIpc) is 3.34. The second-order valence-electron chi connectivity index (χ2n) is 6.48. The Morgan fingerprint density at radius 3 is 2.85 bits per heavy atom. The van der Waals surface area contributed by atoms with Crippen molar-refractivity contribution in [1.82, 2.24) is 10.3 Å².